The number of rotatable bonds is 9. The molecule has 1 N–H and O–H groups in total. The van der Waals surface area contributed by atoms with Crippen molar-refractivity contribution >= 4 is 9.03 Å². The van der Waals surface area contributed by atoms with Gasteiger partial charge >= 0.3 is 0 Å². The summed E-state index contributed by atoms with van der Waals surface area (Å²) in [5, 5.41) is 0. The van der Waals surface area contributed by atoms with Gasteiger partial charge in [-0.05, 0) is 74.2 Å². The Bertz CT molecular complexity index is 1370. The highest BCUT2D eigenvalue weighted by Gasteiger charge is 2.28. The minimum Gasteiger partial charge on any atom is -0.449 e. The van der Waals surface area contributed by atoms with Crippen molar-refractivity contribution in [3.05, 3.63) is 101 Å². The molecule has 1 atom stereocenters. The summed E-state index contributed by atoms with van der Waals surface area (Å²) < 4.78 is 6.10. The van der Waals surface area contributed by atoms with Crippen LogP contribution in [0.4, 0.5) is 0 Å². The van der Waals surface area contributed by atoms with Gasteiger partial charge in [0.2, 0.25) is 9.03 Å². The number of hydrogen-bond acceptors (Lipinski definition) is 2. The van der Waals surface area contributed by atoms with E-state index in [9.17, 15) is 4.89 Å². The average Bonchev–Trinajstić information content (AvgIpc) is 2.92. The number of hydrogen-bond donors (Lipinski definition) is 1. The first kappa shape index (κ1) is 29.1. The lowest BCUT2D eigenvalue weighted by atomic mass is 9.76. The van der Waals surface area contributed by atoms with E-state index in [1.165, 1.54) is 50.1 Å². The molecule has 2 nitrogen and oxygen atoms in total. The van der Waals surface area contributed by atoms with Crippen molar-refractivity contribution < 1.29 is 9.42 Å². The summed E-state index contributed by atoms with van der Waals surface area (Å²) >= 11 is 0. The van der Waals surface area contributed by atoms with Crippen molar-refractivity contribution in [2.75, 3.05) is 0 Å². The highest BCUT2D eigenvalue weighted by molar-refractivity contribution is 7.25. The summed E-state index contributed by atoms with van der Waals surface area (Å²) in [5.41, 5.74) is 12.4. The van der Waals surface area contributed by atoms with E-state index in [0.29, 0.717) is 23.7 Å². The molecule has 0 heterocycles. The lowest BCUT2D eigenvalue weighted by Crippen LogP contribution is -2.06. The van der Waals surface area contributed by atoms with E-state index < -0.39 is 9.03 Å². The molecule has 4 aromatic carbocycles. The van der Waals surface area contributed by atoms with Gasteiger partial charge in [-0.2, -0.15) is 0 Å². The normalized spacial score (nSPS) is 12.0. The van der Waals surface area contributed by atoms with Crippen LogP contribution in [0.15, 0.2) is 78.9 Å². The Kier molecular flexibility index (Phi) is 9.31. The van der Waals surface area contributed by atoms with Gasteiger partial charge in [0.05, 0.1) is 0 Å². The predicted octanol–water partition coefficient (Wildman–Crippen LogP) is 11.1. The van der Waals surface area contributed by atoms with Crippen molar-refractivity contribution in [2.24, 2.45) is 0 Å². The van der Waals surface area contributed by atoms with Gasteiger partial charge < -0.3 is 9.42 Å². The molecule has 0 bridgehead atoms. The molecule has 0 saturated carbocycles. The maximum atomic E-state index is 10.1. The molecule has 0 spiro atoms. The molecule has 0 aromatic heterocycles. The van der Waals surface area contributed by atoms with Gasteiger partial charge in [-0.3, -0.25) is 0 Å². The van der Waals surface area contributed by atoms with Crippen molar-refractivity contribution in [1.82, 2.24) is 0 Å². The van der Waals surface area contributed by atoms with Crippen LogP contribution in [0.3, 0.4) is 0 Å². The Morgan fingerprint density at radius 3 is 1.33 bits per heavy atom. The fourth-order valence-corrected chi connectivity index (χ4v) is 6.03. The van der Waals surface area contributed by atoms with Crippen LogP contribution in [0.1, 0.15) is 101 Å². The Hall–Kier alpha value is -2.93. The smallest absolute Gasteiger partial charge is 0.212 e. The van der Waals surface area contributed by atoms with Gasteiger partial charge in [0.15, 0.2) is 0 Å². The van der Waals surface area contributed by atoms with Crippen LogP contribution in [-0.2, 0) is 0 Å². The van der Waals surface area contributed by atoms with Crippen molar-refractivity contribution in [3.63, 3.8) is 0 Å². The highest BCUT2D eigenvalue weighted by atomic mass is 31.1. The number of benzene rings is 4. The molecule has 0 amide bonds. The van der Waals surface area contributed by atoms with Crippen molar-refractivity contribution in [1.29, 1.82) is 0 Å². The fourth-order valence-electron chi connectivity index (χ4n) is 5.76. The second-order valence-corrected chi connectivity index (χ2v) is 12.0. The van der Waals surface area contributed by atoms with Crippen LogP contribution in [0, 0.1) is 0 Å². The molecule has 0 aliphatic rings. The fraction of sp³-hybridized carbons (Fsp3) is 0.333. The molecule has 204 valence electrons. The van der Waals surface area contributed by atoms with Crippen LogP contribution >= 0.6 is 9.03 Å². The molecule has 0 radical (unpaired) electrons. The Labute approximate surface area is 237 Å². The molecule has 0 aliphatic carbocycles. The van der Waals surface area contributed by atoms with Crippen LogP contribution in [0.5, 0.6) is 5.75 Å². The molecule has 4 aromatic rings. The minimum absolute atomic E-state index is 0.321. The van der Waals surface area contributed by atoms with Crippen LogP contribution < -0.4 is 4.52 Å². The lowest BCUT2D eigenvalue weighted by molar-refractivity contribution is 0.515. The first-order valence-electron chi connectivity index (χ1n) is 14.2. The van der Waals surface area contributed by atoms with E-state index in [1.807, 2.05) is 0 Å². The van der Waals surface area contributed by atoms with E-state index in [4.69, 9.17) is 4.52 Å². The zero-order valence-corrected chi connectivity index (χ0v) is 25.7. The molecule has 3 heteroatoms. The molecule has 1 unspecified atom stereocenters. The molecular weight excluding hydrogens is 495 g/mol. The first-order chi connectivity index (χ1) is 18.7. The quantitative estimate of drug-likeness (QED) is 0.215. The van der Waals surface area contributed by atoms with Crippen LogP contribution in [-0.4, -0.2) is 4.89 Å². The van der Waals surface area contributed by atoms with Crippen molar-refractivity contribution in [3.8, 4) is 39.1 Å². The largest absolute Gasteiger partial charge is 0.449 e. The predicted molar refractivity (Wildman–Crippen MR) is 170 cm³/mol. The lowest BCUT2D eigenvalue weighted by Gasteiger charge is -2.29. The summed E-state index contributed by atoms with van der Waals surface area (Å²) in [6.07, 6.45) is 0. The monoisotopic (exact) mass is 538 g/mol. The van der Waals surface area contributed by atoms with E-state index >= 15 is 0 Å². The van der Waals surface area contributed by atoms with E-state index in [0.717, 1.165) is 11.3 Å². The van der Waals surface area contributed by atoms with Gasteiger partial charge in [0, 0.05) is 11.1 Å². The third kappa shape index (κ3) is 5.84. The van der Waals surface area contributed by atoms with Gasteiger partial charge in [0.1, 0.15) is 5.75 Å². The standard InChI is InChI=1S/C36H43O2P/c1-22(2)27-16-12-17-28(23(3)4)33(27)35-31(26-14-10-9-11-15-26)20-21-32(38-39-37)36(35)34-29(24(5)6)18-13-19-30(34)25(7)8/h9-25,37,39H,1-8H3. The Balaban J connectivity index is 2.33. The van der Waals surface area contributed by atoms with E-state index in [1.54, 1.807) is 0 Å². The second-order valence-electron chi connectivity index (χ2n) is 11.7. The molecule has 4 rings (SSSR count). The Morgan fingerprint density at radius 1 is 0.487 bits per heavy atom. The molecule has 0 saturated heterocycles. The van der Waals surface area contributed by atoms with Gasteiger partial charge in [0.25, 0.3) is 0 Å². The zero-order chi connectivity index (χ0) is 28.3. The average molecular weight is 539 g/mol. The SMILES string of the molecule is CC(C)c1cccc(C(C)C)c1-c1c(OPO)ccc(-c2ccccc2)c1-c1c(C(C)C)cccc1C(C)C. The van der Waals surface area contributed by atoms with Crippen LogP contribution in [0.25, 0.3) is 33.4 Å². The second kappa shape index (κ2) is 12.5. The summed E-state index contributed by atoms with van der Waals surface area (Å²) in [6.45, 7) is 18.2. The Morgan fingerprint density at radius 2 is 0.923 bits per heavy atom. The molecule has 39 heavy (non-hydrogen) atoms. The summed E-state index contributed by atoms with van der Waals surface area (Å²) in [6, 6.07) is 28.4. The maximum Gasteiger partial charge on any atom is 0.212 e. The summed E-state index contributed by atoms with van der Waals surface area (Å²) in [4.78, 5) is 10.1. The minimum atomic E-state index is -0.638. The van der Waals surface area contributed by atoms with Crippen LogP contribution in [0.2, 0.25) is 0 Å². The third-order valence-electron chi connectivity index (χ3n) is 7.65. The van der Waals surface area contributed by atoms with E-state index in [-0.39, 0.29) is 0 Å². The molecule has 0 aliphatic heterocycles. The van der Waals surface area contributed by atoms with E-state index in [2.05, 4.69) is 134 Å². The molecular formula is C36H43O2P. The zero-order valence-electron chi connectivity index (χ0n) is 24.7. The van der Waals surface area contributed by atoms with Gasteiger partial charge in [-0.1, -0.05) is 128 Å². The summed E-state index contributed by atoms with van der Waals surface area (Å²) in [5.74, 6) is 2.05. The first-order valence-corrected chi connectivity index (χ1v) is 15.1. The van der Waals surface area contributed by atoms with Crippen molar-refractivity contribution in [2.45, 2.75) is 79.1 Å². The molecule has 0 fully saturated rings. The highest BCUT2D eigenvalue weighted by Crippen LogP contribution is 2.52. The van der Waals surface area contributed by atoms with Gasteiger partial charge in [-0.25, -0.2) is 0 Å². The maximum absolute atomic E-state index is 10.1. The van der Waals surface area contributed by atoms with Gasteiger partial charge in [-0.15, -0.1) is 0 Å². The topological polar surface area (TPSA) is 29.5 Å². The summed E-state index contributed by atoms with van der Waals surface area (Å²) in [7, 11) is -0.638. The third-order valence-corrected chi connectivity index (χ3v) is 7.96.